The molecule has 6 heteroatoms. The van der Waals surface area contributed by atoms with Gasteiger partial charge < -0.3 is 5.32 Å². The van der Waals surface area contributed by atoms with Gasteiger partial charge in [-0.15, -0.1) is 22.7 Å². The van der Waals surface area contributed by atoms with Crippen LogP contribution in [0, 0.1) is 6.92 Å². The topological polar surface area (TPSA) is 42.0 Å². The first-order valence-electron chi connectivity index (χ1n) is 5.54. The molecule has 0 aliphatic carbocycles. The number of hydrogen-bond donors (Lipinski definition) is 1. The van der Waals surface area contributed by atoms with Crippen LogP contribution in [-0.2, 0) is 0 Å². The summed E-state index contributed by atoms with van der Waals surface area (Å²) in [6.07, 6.45) is 1.68. The molecule has 1 amide bonds. The first kappa shape index (κ1) is 12.8. The van der Waals surface area contributed by atoms with Crippen molar-refractivity contribution in [3.8, 4) is 0 Å². The zero-order valence-corrected chi connectivity index (χ0v) is 13.2. The average molecular weight is 353 g/mol. The molecule has 0 spiro atoms. The zero-order valence-electron chi connectivity index (χ0n) is 9.94. The molecule has 0 fully saturated rings. The molecule has 96 valence electrons. The highest BCUT2D eigenvalue weighted by Gasteiger charge is 2.12. The summed E-state index contributed by atoms with van der Waals surface area (Å²) in [5.74, 6) is 0.497. The largest absolute Gasteiger partial charge is 0.306 e. The van der Waals surface area contributed by atoms with Crippen LogP contribution in [-0.4, -0.2) is 10.9 Å². The van der Waals surface area contributed by atoms with Crippen molar-refractivity contribution < 1.29 is 4.79 Å². The number of pyridine rings is 1. The van der Waals surface area contributed by atoms with Crippen molar-refractivity contribution in [2.45, 2.75) is 6.92 Å². The minimum Gasteiger partial charge on any atom is -0.306 e. The molecule has 0 atom stereocenters. The second-order valence-electron chi connectivity index (χ2n) is 4.03. The monoisotopic (exact) mass is 352 g/mol. The molecule has 1 N–H and O–H groups in total. The van der Waals surface area contributed by atoms with Crippen LogP contribution in [0.3, 0.4) is 0 Å². The van der Waals surface area contributed by atoms with Crippen LogP contribution in [0.5, 0.6) is 0 Å². The van der Waals surface area contributed by atoms with Gasteiger partial charge in [0, 0.05) is 20.1 Å². The fourth-order valence-electron chi connectivity index (χ4n) is 1.72. The highest BCUT2D eigenvalue weighted by atomic mass is 79.9. The number of rotatable bonds is 2. The van der Waals surface area contributed by atoms with Crippen molar-refractivity contribution in [1.82, 2.24) is 4.98 Å². The number of fused-ring (bicyclic) bond motifs is 1. The van der Waals surface area contributed by atoms with Crippen molar-refractivity contribution >= 4 is 59.7 Å². The Morgan fingerprint density at radius 3 is 2.95 bits per heavy atom. The fourth-order valence-corrected chi connectivity index (χ4v) is 4.17. The summed E-state index contributed by atoms with van der Waals surface area (Å²) < 4.78 is 3.20. The Bertz CT molecular complexity index is 734. The number of aromatic nitrogens is 1. The number of anilines is 1. The van der Waals surface area contributed by atoms with E-state index < -0.39 is 0 Å². The van der Waals surface area contributed by atoms with Gasteiger partial charge >= 0.3 is 0 Å². The van der Waals surface area contributed by atoms with Crippen LogP contribution in [0.15, 0.2) is 34.2 Å². The molecule has 0 aromatic carbocycles. The van der Waals surface area contributed by atoms with Crippen molar-refractivity contribution in [3.05, 3.63) is 44.7 Å². The predicted molar refractivity (Wildman–Crippen MR) is 84.3 cm³/mol. The maximum atomic E-state index is 12.2. The van der Waals surface area contributed by atoms with Crippen LogP contribution in [0.2, 0.25) is 0 Å². The van der Waals surface area contributed by atoms with E-state index in [1.165, 1.54) is 11.3 Å². The third-order valence-corrected chi connectivity index (χ3v) is 5.17. The molecule has 0 saturated heterocycles. The van der Waals surface area contributed by atoms with Crippen LogP contribution in [0.4, 0.5) is 5.82 Å². The van der Waals surface area contributed by atoms with Gasteiger partial charge in [-0.2, -0.15) is 0 Å². The van der Waals surface area contributed by atoms with E-state index in [1.807, 2.05) is 30.5 Å². The molecule has 0 saturated carbocycles. The minimum absolute atomic E-state index is 0.105. The molecule has 0 aliphatic heterocycles. The number of nitrogens with zero attached hydrogens (tertiary/aromatic N) is 1. The standard InChI is InChI=1S/C13H9BrN2OS2/c1-7-4-8(14)6-15-12(7)16-13(17)11-5-10-9(19-11)2-3-18-10/h2-6H,1H3,(H,15,16,17). The van der Waals surface area contributed by atoms with E-state index in [2.05, 4.69) is 26.2 Å². The summed E-state index contributed by atoms with van der Waals surface area (Å²) in [5.41, 5.74) is 0.932. The van der Waals surface area contributed by atoms with Crippen molar-refractivity contribution in [2.75, 3.05) is 5.32 Å². The third-order valence-electron chi connectivity index (χ3n) is 2.64. The Morgan fingerprint density at radius 2 is 2.21 bits per heavy atom. The summed E-state index contributed by atoms with van der Waals surface area (Å²) in [6.45, 7) is 1.92. The van der Waals surface area contributed by atoms with Gasteiger partial charge in [0.15, 0.2) is 0 Å². The number of amides is 1. The lowest BCUT2D eigenvalue weighted by Crippen LogP contribution is -2.12. The normalized spacial score (nSPS) is 10.8. The summed E-state index contributed by atoms with van der Waals surface area (Å²) >= 11 is 6.50. The number of nitrogens with one attached hydrogen (secondary N) is 1. The molecular formula is C13H9BrN2OS2. The van der Waals surface area contributed by atoms with Gasteiger partial charge in [0.05, 0.1) is 4.88 Å². The number of aryl methyl sites for hydroxylation is 1. The fraction of sp³-hybridized carbons (Fsp3) is 0.0769. The van der Waals surface area contributed by atoms with E-state index >= 15 is 0 Å². The molecule has 0 bridgehead atoms. The van der Waals surface area contributed by atoms with Crippen LogP contribution < -0.4 is 5.32 Å². The second kappa shape index (κ2) is 5.03. The zero-order chi connectivity index (χ0) is 13.4. The Hall–Kier alpha value is -1.24. The summed E-state index contributed by atoms with van der Waals surface area (Å²) in [6, 6.07) is 5.88. The smallest absolute Gasteiger partial charge is 0.266 e. The molecule has 3 aromatic rings. The second-order valence-corrected chi connectivity index (χ2v) is 6.98. The Morgan fingerprint density at radius 1 is 1.37 bits per heavy atom. The number of halogens is 1. The van der Waals surface area contributed by atoms with Gasteiger partial charge in [0.1, 0.15) is 5.82 Å². The minimum atomic E-state index is -0.105. The number of carbonyl (C=O) groups is 1. The molecule has 3 nitrogen and oxygen atoms in total. The van der Waals surface area contributed by atoms with E-state index in [0.29, 0.717) is 10.7 Å². The maximum absolute atomic E-state index is 12.2. The van der Waals surface area contributed by atoms with Gasteiger partial charge in [0.2, 0.25) is 0 Å². The summed E-state index contributed by atoms with van der Waals surface area (Å²) in [5, 5.41) is 4.88. The van der Waals surface area contributed by atoms with Crippen LogP contribution in [0.1, 0.15) is 15.2 Å². The summed E-state index contributed by atoms with van der Waals surface area (Å²) in [7, 11) is 0. The molecule has 0 aliphatic rings. The number of carbonyl (C=O) groups excluding carboxylic acids is 1. The lowest BCUT2D eigenvalue weighted by molar-refractivity contribution is 0.103. The van der Waals surface area contributed by atoms with Crippen molar-refractivity contribution in [2.24, 2.45) is 0 Å². The molecule has 3 heterocycles. The highest BCUT2D eigenvalue weighted by Crippen LogP contribution is 2.30. The lowest BCUT2D eigenvalue weighted by Gasteiger charge is -2.06. The first-order valence-corrected chi connectivity index (χ1v) is 8.03. The first-order chi connectivity index (χ1) is 9.13. The van der Waals surface area contributed by atoms with Gasteiger partial charge in [-0.1, -0.05) is 0 Å². The third kappa shape index (κ3) is 2.56. The highest BCUT2D eigenvalue weighted by molar-refractivity contribution is 9.10. The molecule has 0 unspecified atom stereocenters. The van der Waals surface area contributed by atoms with E-state index in [9.17, 15) is 4.79 Å². The molecular weight excluding hydrogens is 344 g/mol. The van der Waals surface area contributed by atoms with E-state index in [4.69, 9.17) is 0 Å². The maximum Gasteiger partial charge on any atom is 0.266 e. The average Bonchev–Trinajstić information content (AvgIpc) is 2.93. The van der Waals surface area contributed by atoms with Crippen LogP contribution in [0.25, 0.3) is 9.40 Å². The molecule has 0 radical (unpaired) electrons. The SMILES string of the molecule is Cc1cc(Br)cnc1NC(=O)c1cc2sccc2s1. The van der Waals surface area contributed by atoms with Gasteiger partial charge in [-0.25, -0.2) is 4.98 Å². The molecule has 19 heavy (non-hydrogen) atoms. The molecule has 3 rings (SSSR count). The Balaban J connectivity index is 1.86. The van der Waals surface area contributed by atoms with E-state index in [-0.39, 0.29) is 5.91 Å². The van der Waals surface area contributed by atoms with Gasteiger partial charge in [0.25, 0.3) is 5.91 Å². The quantitative estimate of drug-likeness (QED) is 0.727. The molecule has 3 aromatic heterocycles. The number of hydrogen-bond acceptors (Lipinski definition) is 4. The Labute approximate surface area is 126 Å². The lowest BCUT2D eigenvalue weighted by atomic mass is 10.3. The Kier molecular flexibility index (Phi) is 3.38. The summed E-state index contributed by atoms with van der Waals surface area (Å²) in [4.78, 5) is 17.1. The van der Waals surface area contributed by atoms with Gasteiger partial charge in [-0.05, 0) is 52.0 Å². The van der Waals surface area contributed by atoms with Crippen molar-refractivity contribution in [1.29, 1.82) is 0 Å². The van der Waals surface area contributed by atoms with Gasteiger partial charge in [-0.3, -0.25) is 4.79 Å². The number of thiophene rings is 2. The van der Waals surface area contributed by atoms with Crippen LogP contribution >= 0.6 is 38.6 Å². The van der Waals surface area contributed by atoms with E-state index in [0.717, 1.165) is 19.4 Å². The van der Waals surface area contributed by atoms with E-state index in [1.54, 1.807) is 17.5 Å². The predicted octanol–water partition coefficient (Wildman–Crippen LogP) is 4.68. The van der Waals surface area contributed by atoms with Crippen molar-refractivity contribution in [3.63, 3.8) is 0 Å².